The summed E-state index contributed by atoms with van der Waals surface area (Å²) in [5.74, 6) is -0.550. The lowest BCUT2D eigenvalue weighted by atomic mass is 10.1. The molecular weight excluding hydrogens is 351 g/mol. The summed E-state index contributed by atoms with van der Waals surface area (Å²) in [5.41, 5.74) is -0.648. The number of anilines is 1. The average Bonchev–Trinajstić information content (AvgIpc) is 2.57. The van der Waals surface area contributed by atoms with E-state index in [0.29, 0.717) is 5.56 Å². The highest BCUT2D eigenvalue weighted by atomic mass is 19.4. The second-order valence-corrected chi connectivity index (χ2v) is 5.40. The molecule has 1 amide bonds. The van der Waals surface area contributed by atoms with E-state index >= 15 is 0 Å². The summed E-state index contributed by atoms with van der Waals surface area (Å²) in [4.78, 5) is 12.2. The van der Waals surface area contributed by atoms with E-state index in [-0.39, 0.29) is 36.8 Å². The number of hydrogen-bond donors (Lipinski definition) is 2. The summed E-state index contributed by atoms with van der Waals surface area (Å²) in [5, 5.41) is 12.1. The number of nitrogens with one attached hydrogen (secondary N) is 1. The van der Waals surface area contributed by atoms with Crippen LogP contribution < -0.4 is 10.1 Å². The number of halogens is 3. The summed E-state index contributed by atoms with van der Waals surface area (Å²) in [6.07, 6.45) is -4.75. The molecule has 0 unspecified atom stereocenters. The van der Waals surface area contributed by atoms with E-state index in [4.69, 9.17) is 9.47 Å². The summed E-state index contributed by atoms with van der Waals surface area (Å²) in [6, 6.07) is 9.06. The summed E-state index contributed by atoms with van der Waals surface area (Å²) >= 11 is 0. The minimum absolute atomic E-state index is 0.0664. The third kappa shape index (κ3) is 5.38. The molecule has 2 aromatic rings. The molecule has 0 saturated heterocycles. The fraction of sp³-hybridized carbons (Fsp3) is 0.278. The van der Waals surface area contributed by atoms with E-state index in [2.05, 4.69) is 5.32 Å². The molecule has 0 atom stereocenters. The molecule has 2 aromatic carbocycles. The molecule has 2 N–H and O–H groups in total. The molecule has 0 spiro atoms. The first kappa shape index (κ1) is 19.6. The molecule has 5 nitrogen and oxygen atoms in total. The molecule has 8 heteroatoms. The zero-order chi connectivity index (χ0) is 19.2. The van der Waals surface area contributed by atoms with E-state index in [1.165, 1.54) is 13.2 Å². The molecule has 0 radical (unpaired) electrons. The van der Waals surface area contributed by atoms with Crippen LogP contribution in [-0.2, 0) is 22.1 Å². The van der Waals surface area contributed by atoms with Gasteiger partial charge in [-0.3, -0.25) is 4.79 Å². The topological polar surface area (TPSA) is 67.8 Å². The van der Waals surface area contributed by atoms with Gasteiger partial charge in [0, 0.05) is 12.7 Å². The first-order chi connectivity index (χ1) is 12.3. The maximum absolute atomic E-state index is 12.9. The quantitative estimate of drug-likeness (QED) is 0.732. The monoisotopic (exact) mass is 369 g/mol. The van der Waals surface area contributed by atoms with Crippen LogP contribution in [0.15, 0.2) is 42.5 Å². The number of ether oxygens (including phenoxy) is 2. The van der Waals surface area contributed by atoms with Gasteiger partial charge < -0.3 is 19.9 Å². The van der Waals surface area contributed by atoms with Gasteiger partial charge >= 0.3 is 6.18 Å². The van der Waals surface area contributed by atoms with Crippen molar-refractivity contribution in [3.05, 3.63) is 53.6 Å². The van der Waals surface area contributed by atoms with Crippen molar-refractivity contribution >= 4 is 11.6 Å². The lowest BCUT2D eigenvalue weighted by molar-refractivity contribution is -0.137. The molecule has 0 aromatic heterocycles. The van der Waals surface area contributed by atoms with Gasteiger partial charge in [0.2, 0.25) is 5.91 Å². The zero-order valence-electron chi connectivity index (χ0n) is 14.0. The van der Waals surface area contributed by atoms with Crippen molar-refractivity contribution in [1.29, 1.82) is 0 Å². The molecule has 0 aliphatic rings. The molecule has 0 aliphatic heterocycles. The van der Waals surface area contributed by atoms with Crippen molar-refractivity contribution in [2.75, 3.05) is 25.6 Å². The van der Waals surface area contributed by atoms with Gasteiger partial charge in [-0.1, -0.05) is 18.2 Å². The van der Waals surface area contributed by atoms with E-state index < -0.39 is 17.6 Å². The molecule has 140 valence electrons. The Labute approximate surface area is 148 Å². The largest absolute Gasteiger partial charge is 0.508 e. The number of amides is 1. The van der Waals surface area contributed by atoms with Gasteiger partial charge in [0.15, 0.2) is 0 Å². The number of aromatic hydroxyl groups is 1. The molecule has 2 rings (SSSR count). The molecule has 0 heterocycles. The van der Waals surface area contributed by atoms with Crippen molar-refractivity contribution in [3.63, 3.8) is 0 Å². The number of carbonyl (C=O) groups is 1. The Morgan fingerprint density at radius 1 is 1.15 bits per heavy atom. The smallest absolute Gasteiger partial charge is 0.416 e. The molecule has 0 fully saturated rings. The number of rotatable bonds is 7. The van der Waals surface area contributed by atoms with E-state index in [1.807, 2.05) is 0 Å². The number of para-hydroxylation sites is 1. The first-order valence-electron chi connectivity index (χ1n) is 7.71. The predicted octanol–water partition coefficient (Wildman–Crippen LogP) is 3.62. The van der Waals surface area contributed by atoms with Crippen molar-refractivity contribution < 1.29 is 32.5 Å². The fourth-order valence-electron chi connectivity index (χ4n) is 2.19. The Kier molecular flexibility index (Phi) is 6.46. The lowest BCUT2D eigenvalue weighted by Gasteiger charge is -2.15. The number of benzene rings is 2. The molecule has 26 heavy (non-hydrogen) atoms. The van der Waals surface area contributed by atoms with Crippen molar-refractivity contribution in [2.24, 2.45) is 0 Å². The number of phenols is 1. The summed E-state index contributed by atoms with van der Waals surface area (Å²) < 4.78 is 49.0. The normalized spacial score (nSPS) is 11.2. The van der Waals surface area contributed by atoms with Crippen molar-refractivity contribution in [3.8, 4) is 11.5 Å². The van der Waals surface area contributed by atoms with Crippen LogP contribution in [0.4, 0.5) is 18.9 Å². The van der Waals surface area contributed by atoms with Crippen LogP contribution in [0.2, 0.25) is 0 Å². The second-order valence-electron chi connectivity index (χ2n) is 5.40. The molecular formula is C18H18F3NO4. The Morgan fingerprint density at radius 3 is 2.54 bits per heavy atom. The van der Waals surface area contributed by atoms with Gasteiger partial charge in [0.25, 0.3) is 0 Å². The van der Waals surface area contributed by atoms with Crippen LogP contribution in [0.1, 0.15) is 11.1 Å². The van der Waals surface area contributed by atoms with E-state index in [9.17, 15) is 23.1 Å². The highest BCUT2D eigenvalue weighted by Gasteiger charge is 2.31. The number of alkyl halides is 3. The van der Waals surface area contributed by atoms with Gasteiger partial charge in [-0.15, -0.1) is 0 Å². The molecule has 0 bridgehead atoms. The summed E-state index contributed by atoms with van der Waals surface area (Å²) in [6.45, 7) is 0.358. The Bertz CT molecular complexity index is 762. The number of methoxy groups -OCH3 is 1. The predicted molar refractivity (Wildman–Crippen MR) is 89.3 cm³/mol. The number of carbonyl (C=O) groups excluding carboxylic acids is 1. The molecule has 0 aliphatic carbocycles. The third-order valence-corrected chi connectivity index (χ3v) is 3.47. The van der Waals surface area contributed by atoms with Gasteiger partial charge in [-0.05, 0) is 24.3 Å². The lowest BCUT2D eigenvalue weighted by Crippen LogP contribution is -2.17. The van der Waals surface area contributed by atoms with Gasteiger partial charge in [0.1, 0.15) is 18.1 Å². The average molecular weight is 369 g/mol. The molecule has 0 saturated carbocycles. The Morgan fingerprint density at radius 2 is 1.88 bits per heavy atom. The number of phenolic OH excluding ortho intramolecular Hbond substituents is 1. The van der Waals surface area contributed by atoms with Crippen LogP contribution in [0, 0.1) is 0 Å². The van der Waals surface area contributed by atoms with Crippen LogP contribution in [-0.4, -0.2) is 31.3 Å². The van der Waals surface area contributed by atoms with Crippen molar-refractivity contribution in [1.82, 2.24) is 0 Å². The minimum Gasteiger partial charge on any atom is -0.508 e. The minimum atomic E-state index is -4.55. The van der Waals surface area contributed by atoms with Crippen LogP contribution >= 0.6 is 0 Å². The Balaban J connectivity index is 2.20. The van der Waals surface area contributed by atoms with Crippen LogP contribution in [0.5, 0.6) is 11.5 Å². The van der Waals surface area contributed by atoms with E-state index in [0.717, 1.165) is 18.2 Å². The van der Waals surface area contributed by atoms with Gasteiger partial charge in [-0.2, -0.15) is 13.2 Å². The number of hydrogen-bond acceptors (Lipinski definition) is 4. The SMILES string of the molecule is COCCOc1ccc(C(F)(F)F)cc1NC(=O)Cc1ccccc1O. The highest BCUT2D eigenvalue weighted by molar-refractivity contribution is 5.94. The van der Waals surface area contributed by atoms with Gasteiger partial charge in [0.05, 0.1) is 24.3 Å². The fourth-order valence-corrected chi connectivity index (χ4v) is 2.19. The first-order valence-corrected chi connectivity index (χ1v) is 7.71. The third-order valence-electron chi connectivity index (χ3n) is 3.47. The zero-order valence-corrected chi connectivity index (χ0v) is 14.0. The van der Waals surface area contributed by atoms with Crippen LogP contribution in [0.3, 0.4) is 0 Å². The van der Waals surface area contributed by atoms with Crippen LogP contribution in [0.25, 0.3) is 0 Å². The highest BCUT2D eigenvalue weighted by Crippen LogP contribution is 2.35. The summed E-state index contributed by atoms with van der Waals surface area (Å²) in [7, 11) is 1.46. The van der Waals surface area contributed by atoms with Gasteiger partial charge in [-0.25, -0.2) is 0 Å². The Hall–Kier alpha value is -2.74. The van der Waals surface area contributed by atoms with Crippen molar-refractivity contribution in [2.45, 2.75) is 12.6 Å². The van der Waals surface area contributed by atoms with E-state index in [1.54, 1.807) is 18.2 Å². The second kappa shape index (κ2) is 8.57. The maximum atomic E-state index is 12.9. The standard InChI is InChI=1S/C18H18F3NO4/c1-25-8-9-26-16-7-6-13(18(19,20)21)11-14(16)22-17(24)10-12-4-2-3-5-15(12)23/h2-7,11,23H,8-10H2,1H3,(H,22,24). The maximum Gasteiger partial charge on any atom is 0.416 e.